The SMILES string of the molecule is N#Cc1ccc(NC(=O)[C@@H]2CC(=O)N(C3CCCC3)C2)cc1. The minimum Gasteiger partial charge on any atom is -0.339 e. The molecule has 2 fully saturated rings. The van der Waals surface area contributed by atoms with Crippen LogP contribution in [0.2, 0.25) is 0 Å². The van der Waals surface area contributed by atoms with E-state index in [1.807, 2.05) is 11.0 Å². The number of nitriles is 1. The van der Waals surface area contributed by atoms with Crippen LogP contribution < -0.4 is 5.32 Å². The van der Waals surface area contributed by atoms with Gasteiger partial charge < -0.3 is 10.2 Å². The Bertz CT molecular complexity index is 612. The number of carbonyl (C=O) groups is 2. The van der Waals surface area contributed by atoms with Crippen LogP contribution in [0.3, 0.4) is 0 Å². The second-order valence-corrected chi connectivity index (χ2v) is 6.06. The molecule has 1 atom stereocenters. The van der Waals surface area contributed by atoms with E-state index in [9.17, 15) is 9.59 Å². The number of anilines is 1. The average molecular weight is 297 g/mol. The van der Waals surface area contributed by atoms with Crippen LogP contribution in [0.25, 0.3) is 0 Å². The van der Waals surface area contributed by atoms with Crippen LogP contribution in [-0.2, 0) is 9.59 Å². The topological polar surface area (TPSA) is 73.2 Å². The number of benzene rings is 1. The second kappa shape index (κ2) is 6.18. The molecule has 1 N–H and O–H groups in total. The lowest BCUT2D eigenvalue weighted by atomic mass is 10.1. The van der Waals surface area contributed by atoms with Gasteiger partial charge in [-0.3, -0.25) is 9.59 Å². The van der Waals surface area contributed by atoms with Gasteiger partial charge in [0.05, 0.1) is 17.6 Å². The Morgan fingerprint density at radius 1 is 1.23 bits per heavy atom. The van der Waals surface area contributed by atoms with Crippen LogP contribution in [0.1, 0.15) is 37.7 Å². The molecule has 22 heavy (non-hydrogen) atoms. The predicted molar refractivity (Wildman–Crippen MR) is 81.9 cm³/mol. The molecular weight excluding hydrogens is 278 g/mol. The fraction of sp³-hybridized carbons (Fsp3) is 0.471. The molecule has 0 bridgehead atoms. The number of rotatable bonds is 3. The van der Waals surface area contributed by atoms with Crippen LogP contribution in [-0.4, -0.2) is 29.3 Å². The summed E-state index contributed by atoms with van der Waals surface area (Å²) in [6.07, 6.45) is 4.79. The summed E-state index contributed by atoms with van der Waals surface area (Å²) < 4.78 is 0. The van der Waals surface area contributed by atoms with Crippen molar-refractivity contribution in [2.75, 3.05) is 11.9 Å². The van der Waals surface area contributed by atoms with E-state index in [4.69, 9.17) is 5.26 Å². The van der Waals surface area contributed by atoms with Crippen LogP contribution in [0, 0.1) is 17.2 Å². The van der Waals surface area contributed by atoms with E-state index in [1.54, 1.807) is 24.3 Å². The number of nitrogens with one attached hydrogen (secondary N) is 1. The maximum Gasteiger partial charge on any atom is 0.229 e. The monoisotopic (exact) mass is 297 g/mol. The average Bonchev–Trinajstić information content (AvgIpc) is 3.17. The summed E-state index contributed by atoms with van der Waals surface area (Å²) >= 11 is 0. The molecule has 1 aromatic rings. The van der Waals surface area contributed by atoms with Gasteiger partial charge in [0, 0.05) is 24.7 Å². The number of amides is 2. The van der Waals surface area contributed by atoms with Crippen LogP contribution >= 0.6 is 0 Å². The number of nitrogens with zero attached hydrogens (tertiary/aromatic N) is 2. The van der Waals surface area contributed by atoms with Crippen molar-refractivity contribution < 1.29 is 9.59 Å². The van der Waals surface area contributed by atoms with E-state index in [0.717, 1.165) is 12.8 Å². The summed E-state index contributed by atoms with van der Waals surface area (Å²) in [4.78, 5) is 26.3. The van der Waals surface area contributed by atoms with Gasteiger partial charge in [-0.1, -0.05) is 12.8 Å². The maximum atomic E-state index is 12.3. The Balaban J connectivity index is 1.60. The van der Waals surface area contributed by atoms with Gasteiger partial charge in [0.25, 0.3) is 0 Å². The summed E-state index contributed by atoms with van der Waals surface area (Å²) in [6.45, 7) is 0.533. The lowest BCUT2D eigenvalue weighted by Crippen LogP contribution is -2.35. The fourth-order valence-electron chi connectivity index (χ4n) is 3.35. The second-order valence-electron chi connectivity index (χ2n) is 6.06. The quantitative estimate of drug-likeness (QED) is 0.930. The molecule has 1 saturated carbocycles. The highest BCUT2D eigenvalue weighted by molar-refractivity contribution is 5.97. The summed E-state index contributed by atoms with van der Waals surface area (Å²) in [5.41, 5.74) is 1.22. The van der Waals surface area contributed by atoms with Gasteiger partial charge in [0.2, 0.25) is 11.8 Å². The van der Waals surface area contributed by atoms with E-state index < -0.39 is 0 Å². The van der Waals surface area contributed by atoms with Crippen LogP contribution in [0.5, 0.6) is 0 Å². The third-order valence-electron chi connectivity index (χ3n) is 4.58. The summed E-state index contributed by atoms with van der Waals surface area (Å²) in [5, 5.41) is 11.6. The first-order valence-electron chi connectivity index (χ1n) is 7.78. The number of hydrogen-bond acceptors (Lipinski definition) is 3. The van der Waals surface area contributed by atoms with E-state index in [2.05, 4.69) is 5.32 Å². The molecule has 114 valence electrons. The molecule has 2 aliphatic rings. The third kappa shape index (κ3) is 2.96. The molecule has 5 heteroatoms. The van der Waals surface area contributed by atoms with E-state index in [-0.39, 0.29) is 17.7 Å². The number of likely N-dealkylation sites (tertiary alicyclic amines) is 1. The van der Waals surface area contributed by atoms with E-state index in [1.165, 1.54) is 12.8 Å². The van der Waals surface area contributed by atoms with E-state index in [0.29, 0.717) is 30.3 Å². The highest BCUT2D eigenvalue weighted by atomic mass is 16.2. The zero-order valence-electron chi connectivity index (χ0n) is 12.4. The minimum atomic E-state index is -0.274. The Labute approximate surface area is 129 Å². The first-order chi connectivity index (χ1) is 10.7. The van der Waals surface area contributed by atoms with Gasteiger partial charge >= 0.3 is 0 Å². The Hall–Kier alpha value is -2.35. The first kappa shape index (κ1) is 14.6. The van der Waals surface area contributed by atoms with Crippen molar-refractivity contribution in [2.24, 2.45) is 5.92 Å². The molecule has 0 spiro atoms. The smallest absolute Gasteiger partial charge is 0.229 e. The van der Waals surface area contributed by atoms with Gasteiger partial charge in [-0.15, -0.1) is 0 Å². The molecule has 5 nitrogen and oxygen atoms in total. The molecule has 2 amide bonds. The largest absolute Gasteiger partial charge is 0.339 e. The minimum absolute atomic E-state index is 0.104. The molecule has 1 aromatic carbocycles. The summed E-state index contributed by atoms with van der Waals surface area (Å²) in [5.74, 6) is -0.283. The van der Waals surface area contributed by atoms with Crippen molar-refractivity contribution in [3.63, 3.8) is 0 Å². The highest BCUT2D eigenvalue weighted by Crippen LogP contribution is 2.29. The van der Waals surface area contributed by atoms with Crippen molar-refractivity contribution in [2.45, 2.75) is 38.1 Å². The van der Waals surface area contributed by atoms with Crippen molar-refractivity contribution in [3.8, 4) is 6.07 Å². The zero-order valence-corrected chi connectivity index (χ0v) is 12.4. The predicted octanol–water partition coefficient (Wildman–Crippen LogP) is 2.29. The lowest BCUT2D eigenvalue weighted by Gasteiger charge is -2.23. The number of hydrogen-bond donors (Lipinski definition) is 1. The molecule has 0 aromatic heterocycles. The Kier molecular flexibility index (Phi) is 4.10. The van der Waals surface area contributed by atoms with Gasteiger partial charge in [-0.2, -0.15) is 5.26 Å². The van der Waals surface area contributed by atoms with Crippen molar-refractivity contribution in [3.05, 3.63) is 29.8 Å². The van der Waals surface area contributed by atoms with Gasteiger partial charge in [0.1, 0.15) is 0 Å². The Morgan fingerprint density at radius 3 is 2.55 bits per heavy atom. The molecule has 0 radical (unpaired) electrons. The maximum absolute atomic E-state index is 12.3. The molecule has 1 aliphatic heterocycles. The zero-order chi connectivity index (χ0) is 15.5. The van der Waals surface area contributed by atoms with Crippen LogP contribution in [0.15, 0.2) is 24.3 Å². The van der Waals surface area contributed by atoms with E-state index >= 15 is 0 Å². The van der Waals surface area contributed by atoms with Gasteiger partial charge in [-0.05, 0) is 37.1 Å². The fourth-order valence-corrected chi connectivity index (χ4v) is 3.35. The standard InChI is InChI=1S/C17H19N3O2/c18-10-12-5-7-14(8-6-12)19-17(22)13-9-16(21)20(11-13)15-3-1-2-4-15/h5-8,13,15H,1-4,9,11H2,(H,19,22)/t13-/m1/s1. The molecule has 1 aliphatic carbocycles. The molecule has 3 rings (SSSR count). The summed E-state index contributed by atoms with van der Waals surface area (Å²) in [7, 11) is 0. The Morgan fingerprint density at radius 2 is 1.91 bits per heavy atom. The van der Waals surface area contributed by atoms with Gasteiger partial charge in [-0.25, -0.2) is 0 Å². The van der Waals surface area contributed by atoms with Crippen molar-refractivity contribution in [1.29, 1.82) is 5.26 Å². The number of carbonyl (C=O) groups excluding carboxylic acids is 2. The van der Waals surface area contributed by atoms with Crippen molar-refractivity contribution >= 4 is 17.5 Å². The highest BCUT2D eigenvalue weighted by Gasteiger charge is 2.38. The molecular formula is C17H19N3O2. The molecule has 0 unspecified atom stereocenters. The van der Waals surface area contributed by atoms with Crippen molar-refractivity contribution in [1.82, 2.24) is 4.90 Å². The molecule has 1 saturated heterocycles. The van der Waals surface area contributed by atoms with Gasteiger partial charge in [0.15, 0.2) is 0 Å². The lowest BCUT2D eigenvalue weighted by molar-refractivity contribution is -0.129. The summed E-state index contributed by atoms with van der Waals surface area (Å²) in [6, 6.07) is 9.13. The third-order valence-corrected chi connectivity index (χ3v) is 4.58. The normalized spacial score (nSPS) is 21.9. The van der Waals surface area contributed by atoms with Crippen LogP contribution in [0.4, 0.5) is 5.69 Å². The first-order valence-corrected chi connectivity index (χ1v) is 7.78. The molecule has 1 heterocycles.